The number of rotatable bonds is 5. The number of para-hydroxylation sites is 1. The van der Waals surface area contributed by atoms with Crippen LogP contribution in [0.4, 0.5) is 0 Å². The number of hydrogen-bond acceptors (Lipinski definition) is 2. The monoisotopic (exact) mass is 749 g/mol. The van der Waals surface area contributed by atoms with E-state index < -0.39 is 0 Å². The topological polar surface area (TPSA) is 30.7 Å². The molecule has 0 fully saturated rings. The van der Waals surface area contributed by atoms with Crippen LogP contribution >= 0.6 is 0 Å². The van der Waals surface area contributed by atoms with Crippen molar-refractivity contribution in [2.75, 3.05) is 0 Å². The first-order valence-corrected chi connectivity index (χ1v) is 20.1. The highest BCUT2D eigenvalue weighted by Gasteiger charge is 2.19. The SMILES string of the molecule is c1ccc(-n2c3ccncc3c3cc(-c4cccc(-c5ccc6c(-c7ccc8ccccc8c7)c7ccccc7c(-c7ccc8ccccc8c7)c6c5)n4)ccc32)cc1. The van der Waals surface area contributed by atoms with Crippen LogP contribution in [0.2, 0.25) is 0 Å². The summed E-state index contributed by atoms with van der Waals surface area (Å²) in [7, 11) is 0. The zero-order valence-corrected chi connectivity index (χ0v) is 32.0. The summed E-state index contributed by atoms with van der Waals surface area (Å²) >= 11 is 0. The van der Waals surface area contributed by atoms with Crippen LogP contribution in [0, 0.1) is 0 Å². The van der Waals surface area contributed by atoms with E-state index in [0.29, 0.717) is 0 Å². The van der Waals surface area contributed by atoms with Crippen molar-refractivity contribution in [2.24, 2.45) is 0 Å². The van der Waals surface area contributed by atoms with Gasteiger partial charge < -0.3 is 4.57 Å². The van der Waals surface area contributed by atoms with Gasteiger partial charge in [-0.15, -0.1) is 0 Å². The van der Waals surface area contributed by atoms with Crippen molar-refractivity contribution in [3.8, 4) is 50.5 Å². The third-order valence-corrected chi connectivity index (χ3v) is 12.0. The first-order valence-electron chi connectivity index (χ1n) is 20.1. The first-order chi connectivity index (χ1) is 29.2. The highest BCUT2D eigenvalue weighted by Crippen LogP contribution is 2.46. The van der Waals surface area contributed by atoms with Gasteiger partial charge in [-0.1, -0.05) is 140 Å². The van der Waals surface area contributed by atoms with Gasteiger partial charge in [0, 0.05) is 40.0 Å². The third kappa shape index (κ3) is 5.44. The number of nitrogens with zero attached hydrogens (tertiary/aromatic N) is 3. The molecule has 0 aliphatic carbocycles. The van der Waals surface area contributed by atoms with Crippen LogP contribution in [-0.2, 0) is 0 Å². The van der Waals surface area contributed by atoms with Crippen LogP contribution in [0.1, 0.15) is 0 Å². The summed E-state index contributed by atoms with van der Waals surface area (Å²) in [6, 6.07) is 72.5. The summed E-state index contributed by atoms with van der Waals surface area (Å²) in [6.07, 6.45) is 3.85. The first kappa shape index (κ1) is 33.3. The molecule has 12 rings (SSSR count). The lowest BCUT2D eigenvalue weighted by molar-refractivity contribution is 1.17. The number of aromatic nitrogens is 3. The molecule has 0 spiro atoms. The van der Waals surface area contributed by atoms with Gasteiger partial charge in [0.15, 0.2) is 0 Å². The lowest BCUT2D eigenvalue weighted by atomic mass is 9.84. The van der Waals surface area contributed by atoms with Gasteiger partial charge in [0.05, 0.1) is 22.4 Å². The van der Waals surface area contributed by atoms with Crippen molar-refractivity contribution < 1.29 is 0 Å². The minimum Gasteiger partial charge on any atom is -0.309 e. The summed E-state index contributed by atoms with van der Waals surface area (Å²) < 4.78 is 2.32. The molecular formula is C56H35N3. The van der Waals surface area contributed by atoms with Crippen LogP contribution in [0.15, 0.2) is 213 Å². The summed E-state index contributed by atoms with van der Waals surface area (Å²) in [6.45, 7) is 0. The van der Waals surface area contributed by atoms with Gasteiger partial charge in [0.25, 0.3) is 0 Å². The average Bonchev–Trinajstić information content (AvgIpc) is 3.64. The molecule has 0 N–H and O–H groups in total. The summed E-state index contributed by atoms with van der Waals surface area (Å²) in [4.78, 5) is 9.89. The van der Waals surface area contributed by atoms with Crippen molar-refractivity contribution in [3.05, 3.63) is 213 Å². The molecule has 274 valence electrons. The number of pyridine rings is 2. The Balaban J connectivity index is 1.07. The quantitative estimate of drug-likeness (QED) is 0.164. The second-order valence-electron chi connectivity index (χ2n) is 15.4. The number of fused-ring (bicyclic) bond motifs is 7. The van der Waals surface area contributed by atoms with E-state index >= 15 is 0 Å². The lowest BCUT2D eigenvalue weighted by Crippen LogP contribution is -1.94. The molecule has 0 unspecified atom stereocenters. The molecule has 3 heteroatoms. The summed E-state index contributed by atoms with van der Waals surface area (Å²) in [5.74, 6) is 0. The lowest BCUT2D eigenvalue weighted by Gasteiger charge is -2.19. The standard InChI is InChI=1S/C56H35N3/c1-2-15-44(16-3-1)59-53-28-26-41(33-48(53)50-35-57-30-29-54(50)59)52-20-10-19-51(58-52)40-25-27-47-49(34-40)56(43-24-22-37-12-5-7-14-39(37)32-43)46-18-9-8-17-45(46)55(47)42-23-21-36-11-4-6-13-38(36)31-42/h1-35H. The van der Waals surface area contributed by atoms with Gasteiger partial charge in [0.1, 0.15) is 0 Å². The van der Waals surface area contributed by atoms with Gasteiger partial charge in [-0.3, -0.25) is 4.98 Å². The average molecular weight is 750 g/mol. The Bertz CT molecular complexity index is 3620. The molecule has 0 aliphatic heterocycles. The maximum absolute atomic E-state index is 5.37. The molecule has 3 heterocycles. The van der Waals surface area contributed by atoms with Crippen LogP contribution in [0.25, 0.3) is 115 Å². The second-order valence-corrected chi connectivity index (χ2v) is 15.4. The van der Waals surface area contributed by atoms with E-state index in [1.807, 2.05) is 12.4 Å². The second kappa shape index (κ2) is 13.4. The van der Waals surface area contributed by atoms with Crippen molar-refractivity contribution in [1.29, 1.82) is 0 Å². The molecule has 9 aromatic carbocycles. The van der Waals surface area contributed by atoms with Crippen molar-refractivity contribution in [3.63, 3.8) is 0 Å². The van der Waals surface area contributed by atoms with Gasteiger partial charge in [0.2, 0.25) is 0 Å². The fourth-order valence-corrected chi connectivity index (χ4v) is 9.29. The fraction of sp³-hybridized carbons (Fsp3) is 0. The van der Waals surface area contributed by atoms with Gasteiger partial charge in [-0.05, 0) is 126 Å². The Morgan fingerprint density at radius 1 is 0.322 bits per heavy atom. The molecule has 0 bridgehead atoms. The largest absolute Gasteiger partial charge is 0.309 e. The molecule has 3 aromatic heterocycles. The molecular weight excluding hydrogens is 715 g/mol. The molecule has 0 aliphatic rings. The van der Waals surface area contributed by atoms with E-state index in [9.17, 15) is 0 Å². The zero-order valence-electron chi connectivity index (χ0n) is 32.0. The van der Waals surface area contributed by atoms with Crippen LogP contribution < -0.4 is 0 Å². The predicted octanol–water partition coefficient (Wildman–Crippen LogP) is 14.9. The van der Waals surface area contributed by atoms with E-state index in [1.165, 1.54) is 65.3 Å². The van der Waals surface area contributed by atoms with Crippen LogP contribution in [-0.4, -0.2) is 14.5 Å². The van der Waals surface area contributed by atoms with Crippen LogP contribution in [0.3, 0.4) is 0 Å². The van der Waals surface area contributed by atoms with E-state index in [2.05, 4.69) is 210 Å². The molecule has 59 heavy (non-hydrogen) atoms. The van der Waals surface area contributed by atoms with Gasteiger partial charge >= 0.3 is 0 Å². The minimum absolute atomic E-state index is 0.930. The van der Waals surface area contributed by atoms with Gasteiger partial charge in [-0.2, -0.15) is 0 Å². The fourth-order valence-electron chi connectivity index (χ4n) is 9.29. The Kier molecular flexibility index (Phi) is 7.54. The smallest absolute Gasteiger partial charge is 0.0709 e. The van der Waals surface area contributed by atoms with Crippen molar-refractivity contribution >= 4 is 64.9 Å². The summed E-state index contributed by atoms with van der Waals surface area (Å²) in [5, 5.41) is 12.1. The number of benzene rings is 9. The normalized spacial score (nSPS) is 11.7. The maximum Gasteiger partial charge on any atom is 0.0709 e. The number of hydrogen-bond donors (Lipinski definition) is 0. The molecule has 0 atom stereocenters. The van der Waals surface area contributed by atoms with Crippen molar-refractivity contribution in [2.45, 2.75) is 0 Å². The van der Waals surface area contributed by atoms with E-state index in [1.54, 1.807) is 0 Å². The van der Waals surface area contributed by atoms with Crippen LogP contribution in [0.5, 0.6) is 0 Å². The Labute approximate surface area is 341 Å². The van der Waals surface area contributed by atoms with E-state index in [-0.39, 0.29) is 0 Å². The van der Waals surface area contributed by atoms with Gasteiger partial charge in [-0.25, -0.2) is 4.98 Å². The highest BCUT2D eigenvalue weighted by atomic mass is 15.0. The molecule has 0 saturated heterocycles. The zero-order chi connectivity index (χ0) is 38.9. The molecule has 3 nitrogen and oxygen atoms in total. The minimum atomic E-state index is 0.930. The Morgan fingerprint density at radius 2 is 0.847 bits per heavy atom. The molecule has 0 radical (unpaired) electrons. The molecule has 0 saturated carbocycles. The Morgan fingerprint density at radius 3 is 1.53 bits per heavy atom. The van der Waals surface area contributed by atoms with Crippen molar-refractivity contribution in [1.82, 2.24) is 14.5 Å². The molecule has 12 aromatic rings. The maximum atomic E-state index is 5.37. The summed E-state index contributed by atoms with van der Waals surface area (Å²) in [5.41, 5.74) is 12.3. The predicted molar refractivity (Wildman–Crippen MR) is 248 cm³/mol. The Hall–Kier alpha value is -7.88. The molecule has 0 amide bonds. The van der Waals surface area contributed by atoms with E-state index in [0.717, 1.165) is 50.0 Å². The third-order valence-electron chi connectivity index (χ3n) is 12.0. The highest BCUT2D eigenvalue weighted by molar-refractivity contribution is 6.22. The van der Waals surface area contributed by atoms with E-state index in [4.69, 9.17) is 4.98 Å².